The maximum absolute atomic E-state index is 10.5. The number of aliphatic hydroxyl groups is 1. The van der Waals surface area contributed by atoms with Crippen molar-refractivity contribution in [3.8, 4) is 0 Å². The monoisotopic (exact) mass is 418 g/mol. The smallest absolute Gasteiger partial charge is 0.163 e. The summed E-state index contributed by atoms with van der Waals surface area (Å²) in [5, 5.41) is 15.4. The Morgan fingerprint density at radius 3 is 2.83 bits per heavy atom. The fourth-order valence-corrected chi connectivity index (χ4v) is 4.49. The third-order valence-electron chi connectivity index (χ3n) is 5.26. The van der Waals surface area contributed by atoms with Gasteiger partial charge >= 0.3 is 0 Å². The molecule has 1 saturated heterocycles. The van der Waals surface area contributed by atoms with E-state index in [1.807, 2.05) is 30.3 Å². The lowest BCUT2D eigenvalue weighted by Crippen LogP contribution is -2.27. The summed E-state index contributed by atoms with van der Waals surface area (Å²) in [5.41, 5.74) is 4.53. The largest absolute Gasteiger partial charge is 0.369 e. The number of nitrogens with one attached hydrogen (secondary N) is 1. The number of thioether (sulfide) groups is 1. The summed E-state index contributed by atoms with van der Waals surface area (Å²) in [6, 6.07) is 18.7. The van der Waals surface area contributed by atoms with E-state index in [-0.39, 0.29) is 6.04 Å². The Hall–Kier alpha value is -2.67. The maximum Gasteiger partial charge on any atom is 0.163 e. The van der Waals surface area contributed by atoms with E-state index in [0.29, 0.717) is 6.54 Å². The molecule has 0 saturated carbocycles. The number of fused-ring (bicyclic) bond motifs is 1. The molecule has 0 bridgehead atoms. The zero-order valence-corrected chi connectivity index (χ0v) is 18.2. The Morgan fingerprint density at radius 2 is 2.03 bits per heavy atom. The van der Waals surface area contributed by atoms with Crippen LogP contribution in [-0.4, -0.2) is 47.0 Å². The van der Waals surface area contributed by atoms with Gasteiger partial charge in [-0.2, -0.15) is 0 Å². The summed E-state index contributed by atoms with van der Waals surface area (Å²) in [4.78, 5) is 12.2. The van der Waals surface area contributed by atoms with Gasteiger partial charge in [0.1, 0.15) is 0 Å². The standard InChI is InChI=1S/C24H26N4OS/c1-16-7-4-5-9-19(16)21(28(2)3)15-26-24-27-23(29)22(30-24)14-17-10-11-20-18(13-17)8-6-12-25-20/h4-14,21,23,29H,15H2,1-3H3,(H,26,27)/b22-14-. The molecule has 0 spiro atoms. The zero-order chi connectivity index (χ0) is 21.1. The van der Waals surface area contributed by atoms with Gasteiger partial charge in [-0.1, -0.05) is 48.2 Å². The number of aliphatic imine (C=N–C) groups is 1. The fourth-order valence-electron chi connectivity index (χ4n) is 3.59. The molecule has 1 fully saturated rings. The van der Waals surface area contributed by atoms with E-state index in [4.69, 9.17) is 4.99 Å². The maximum atomic E-state index is 10.5. The minimum Gasteiger partial charge on any atom is -0.369 e. The van der Waals surface area contributed by atoms with E-state index in [1.165, 1.54) is 22.9 Å². The van der Waals surface area contributed by atoms with Crippen LogP contribution in [0, 0.1) is 6.92 Å². The number of nitrogens with zero attached hydrogens (tertiary/aromatic N) is 3. The highest BCUT2D eigenvalue weighted by atomic mass is 32.2. The quantitative estimate of drug-likeness (QED) is 0.650. The SMILES string of the molecule is Cc1ccccc1C(CN=C1NC(O)/C(=C/c2ccc3ncccc3c2)S1)N(C)C. The molecule has 0 aliphatic carbocycles. The van der Waals surface area contributed by atoms with Gasteiger partial charge in [-0.05, 0) is 62.0 Å². The molecule has 2 aromatic carbocycles. The van der Waals surface area contributed by atoms with Crippen molar-refractivity contribution < 1.29 is 5.11 Å². The molecule has 2 N–H and O–H groups in total. The minimum atomic E-state index is -0.741. The second kappa shape index (κ2) is 9.00. The lowest BCUT2D eigenvalue weighted by atomic mass is 10.0. The minimum absolute atomic E-state index is 0.180. The van der Waals surface area contributed by atoms with Gasteiger partial charge in [0.25, 0.3) is 0 Å². The first kappa shape index (κ1) is 20.6. The summed E-state index contributed by atoms with van der Waals surface area (Å²) in [6.07, 6.45) is 3.05. The van der Waals surface area contributed by atoms with Gasteiger partial charge in [-0.15, -0.1) is 0 Å². The van der Waals surface area contributed by atoms with Gasteiger partial charge in [0.15, 0.2) is 11.4 Å². The second-order valence-electron chi connectivity index (χ2n) is 7.63. The molecule has 6 heteroatoms. The highest BCUT2D eigenvalue weighted by Gasteiger charge is 2.25. The molecule has 1 aromatic heterocycles. The number of pyridine rings is 1. The first-order valence-corrected chi connectivity index (χ1v) is 10.8. The van der Waals surface area contributed by atoms with Gasteiger partial charge in [-0.3, -0.25) is 9.98 Å². The van der Waals surface area contributed by atoms with Crippen molar-refractivity contribution in [3.05, 3.63) is 82.4 Å². The van der Waals surface area contributed by atoms with Crippen molar-refractivity contribution in [3.63, 3.8) is 0 Å². The molecule has 2 atom stereocenters. The number of amidine groups is 1. The highest BCUT2D eigenvalue weighted by Crippen LogP contribution is 2.30. The normalized spacial score (nSPS) is 20.2. The number of aliphatic hydroxyl groups excluding tert-OH is 1. The summed E-state index contributed by atoms with van der Waals surface area (Å²) < 4.78 is 0. The molecule has 5 nitrogen and oxygen atoms in total. The van der Waals surface area contributed by atoms with Crippen LogP contribution in [0.2, 0.25) is 0 Å². The number of benzene rings is 2. The van der Waals surface area contributed by atoms with Crippen molar-refractivity contribution in [2.45, 2.75) is 19.2 Å². The lowest BCUT2D eigenvalue weighted by molar-refractivity contribution is 0.210. The van der Waals surface area contributed by atoms with Crippen LogP contribution >= 0.6 is 11.8 Å². The number of rotatable bonds is 5. The Labute approximate surface area is 181 Å². The number of hydrogen-bond acceptors (Lipinski definition) is 5. The predicted octanol–water partition coefficient (Wildman–Crippen LogP) is 4.20. The van der Waals surface area contributed by atoms with Crippen molar-refractivity contribution in [2.75, 3.05) is 20.6 Å². The molecule has 3 aromatic rings. The van der Waals surface area contributed by atoms with Gasteiger partial charge in [0, 0.05) is 16.5 Å². The summed E-state index contributed by atoms with van der Waals surface area (Å²) in [7, 11) is 4.14. The van der Waals surface area contributed by atoms with E-state index < -0.39 is 6.23 Å². The summed E-state index contributed by atoms with van der Waals surface area (Å²) >= 11 is 1.49. The van der Waals surface area contributed by atoms with E-state index in [0.717, 1.165) is 26.5 Å². The molecular formula is C24H26N4OS. The Kier molecular flexibility index (Phi) is 6.18. The van der Waals surface area contributed by atoms with Gasteiger partial charge in [-0.25, -0.2) is 0 Å². The van der Waals surface area contributed by atoms with Crippen molar-refractivity contribution >= 4 is 33.9 Å². The van der Waals surface area contributed by atoms with Crippen molar-refractivity contribution in [1.29, 1.82) is 0 Å². The van der Waals surface area contributed by atoms with Gasteiger partial charge in [0.2, 0.25) is 0 Å². The van der Waals surface area contributed by atoms with Crippen molar-refractivity contribution in [1.82, 2.24) is 15.2 Å². The third kappa shape index (κ3) is 4.56. The van der Waals surface area contributed by atoms with Crippen LogP contribution < -0.4 is 5.32 Å². The molecule has 30 heavy (non-hydrogen) atoms. The predicted molar refractivity (Wildman–Crippen MR) is 126 cm³/mol. The van der Waals surface area contributed by atoms with Gasteiger partial charge < -0.3 is 15.3 Å². The molecule has 1 aliphatic heterocycles. The summed E-state index contributed by atoms with van der Waals surface area (Å²) in [6.45, 7) is 2.75. The fraction of sp³-hybridized carbons (Fsp3) is 0.250. The Bertz CT molecular complexity index is 1110. The van der Waals surface area contributed by atoms with E-state index >= 15 is 0 Å². The molecule has 4 rings (SSSR count). The van der Waals surface area contributed by atoms with Crippen LogP contribution in [0.15, 0.2) is 70.7 Å². The number of likely N-dealkylation sites (N-methyl/N-ethyl adjacent to an activating group) is 1. The van der Waals surface area contributed by atoms with E-state index in [9.17, 15) is 5.11 Å². The van der Waals surface area contributed by atoms with Crippen LogP contribution in [0.25, 0.3) is 17.0 Å². The van der Waals surface area contributed by atoms with Crippen LogP contribution in [0.5, 0.6) is 0 Å². The summed E-state index contributed by atoms with van der Waals surface area (Å²) in [5.74, 6) is 0. The molecule has 2 heterocycles. The highest BCUT2D eigenvalue weighted by molar-refractivity contribution is 8.17. The average molecular weight is 419 g/mol. The Morgan fingerprint density at radius 1 is 1.20 bits per heavy atom. The van der Waals surface area contributed by atoms with Gasteiger partial charge in [0.05, 0.1) is 18.1 Å². The number of aryl methyl sites for hydroxylation is 1. The lowest BCUT2D eigenvalue weighted by Gasteiger charge is -2.24. The first-order valence-electron chi connectivity index (χ1n) is 9.96. The number of aromatic nitrogens is 1. The molecule has 2 unspecified atom stereocenters. The van der Waals surface area contributed by atoms with Crippen LogP contribution in [0.1, 0.15) is 22.7 Å². The molecule has 0 amide bonds. The van der Waals surface area contributed by atoms with E-state index in [2.05, 4.69) is 66.6 Å². The third-order valence-corrected chi connectivity index (χ3v) is 6.28. The van der Waals surface area contributed by atoms with E-state index in [1.54, 1.807) is 6.20 Å². The van der Waals surface area contributed by atoms with Crippen LogP contribution in [0.4, 0.5) is 0 Å². The second-order valence-corrected chi connectivity index (χ2v) is 8.70. The molecule has 154 valence electrons. The van der Waals surface area contributed by atoms with Crippen LogP contribution in [-0.2, 0) is 0 Å². The number of hydrogen-bond donors (Lipinski definition) is 2. The first-order chi connectivity index (χ1) is 14.5. The Balaban J connectivity index is 1.51. The topological polar surface area (TPSA) is 60.8 Å². The zero-order valence-electron chi connectivity index (χ0n) is 17.4. The molecule has 1 aliphatic rings. The van der Waals surface area contributed by atoms with Crippen LogP contribution in [0.3, 0.4) is 0 Å². The van der Waals surface area contributed by atoms with Crippen molar-refractivity contribution in [2.24, 2.45) is 4.99 Å². The molecular weight excluding hydrogens is 392 g/mol. The molecule has 0 radical (unpaired) electrons. The average Bonchev–Trinajstić information content (AvgIpc) is 3.08.